The van der Waals surface area contributed by atoms with E-state index in [1.54, 1.807) is 14.8 Å². The third-order valence-corrected chi connectivity index (χ3v) is 5.98. The Morgan fingerprint density at radius 2 is 2.00 bits per heavy atom. The molecule has 0 unspecified atom stereocenters. The number of hydrogen-bond donors (Lipinski definition) is 1. The third kappa shape index (κ3) is 2.42. The first-order chi connectivity index (χ1) is 9.07. The van der Waals surface area contributed by atoms with Gasteiger partial charge in [-0.2, -0.15) is 17.0 Å². The van der Waals surface area contributed by atoms with Crippen molar-refractivity contribution in [1.82, 2.24) is 18.6 Å². The zero-order valence-corrected chi connectivity index (χ0v) is 12.0. The summed E-state index contributed by atoms with van der Waals surface area (Å²) in [6, 6.07) is 0. The number of hydrogen-bond acceptors (Lipinski definition) is 3. The maximum absolute atomic E-state index is 12.4. The number of nitrogens with one attached hydrogen (secondary N) is 1. The lowest BCUT2D eigenvalue weighted by Crippen LogP contribution is -2.41. The molecular formula is C12H20N4O2S. The van der Waals surface area contributed by atoms with Gasteiger partial charge in [0.05, 0.1) is 0 Å². The van der Waals surface area contributed by atoms with E-state index in [1.165, 1.54) is 0 Å². The first kappa shape index (κ1) is 13.1. The fraction of sp³-hybridized carbons (Fsp3) is 0.750. The van der Waals surface area contributed by atoms with Crippen LogP contribution in [0.1, 0.15) is 36.7 Å². The van der Waals surface area contributed by atoms with Crippen LogP contribution in [-0.4, -0.2) is 53.2 Å². The Morgan fingerprint density at radius 3 is 2.63 bits per heavy atom. The lowest BCUT2D eigenvalue weighted by molar-refractivity contribution is 0.395. The number of H-pyrrole nitrogens is 1. The van der Waals surface area contributed by atoms with Crippen LogP contribution >= 0.6 is 0 Å². The fourth-order valence-electron chi connectivity index (χ4n) is 2.88. The molecule has 0 bridgehead atoms. The van der Waals surface area contributed by atoms with Crippen molar-refractivity contribution in [3.8, 4) is 0 Å². The summed E-state index contributed by atoms with van der Waals surface area (Å²) >= 11 is 0. The quantitative estimate of drug-likeness (QED) is 0.894. The van der Waals surface area contributed by atoms with Crippen molar-refractivity contribution in [2.24, 2.45) is 0 Å². The van der Waals surface area contributed by atoms with E-state index < -0.39 is 10.2 Å². The van der Waals surface area contributed by atoms with Crippen LogP contribution in [0.5, 0.6) is 0 Å². The summed E-state index contributed by atoms with van der Waals surface area (Å²) < 4.78 is 28.1. The van der Waals surface area contributed by atoms with Crippen LogP contribution in [0, 0.1) is 6.92 Å². The third-order valence-electron chi connectivity index (χ3n) is 3.98. The zero-order valence-electron chi connectivity index (χ0n) is 11.2. The summed E-state index contributed by atoms with van der Waals surface area (Å²) in [7, 11) is -3.25. The first-order valence-electron chi connectivity index (χ1n) is 6.84. The van der Waals surface area contributed by atoms with Gasteiger partial charge in [0.25, 0.3) is 10.2 Å². The van der Waals surface area contributed by atoms with Crippen LogP contribution in [0.4, 0.5) is 0 Å². The first-order valence-corrected chi connectivity index (χ1v) is 8.24. The Hall–Kier alpha value is -0.920. The largest absolute Gasteiger partial charge is 0.346 e. The van der Waals surface area contributed by atoms with Crippen molar-refractivity contribution in [3.63, 3.8) is 0 Å². The van der Waals surface area contributed by atoms with Crippen LogP contribution in [0.2, 0.25) is 0 Å². The van der Waals surface area contributed by atoms with Gasteiger partial charge in [-0.3, -0.25) is 0 Å². The topological polar surface area (TPSA) is 69.3 Å². The molecule has 0 radical (unpaired) electrons. The molecule has 0 spiro atoms. The Balaban J connectivity index is 1.71. The van der Waals surface area contributed by atoms with Gasteiger partial charge in [0.2, 0.25) is 0 Å². The van der Waals surface area contributed by atoms with Gasteiger partial charge in [-0.05, 0) is 26.2 Å². The highest BCUT2D eigenvalue weighted by atomic mass is 32.2. The highest BCUT2D eigenvalue weighted by Gasteiger charge is 2.37. The molecular weight excluding hydrogens is 264 g/mol. The van der Waals surface area contributed by atoms with Crippen molar-refractivity contribution in [3.05, 3.63) is 17.7 Å². The molecule has 1 aromatic rings. The highest BCUT2D eigenvalue weighted by Crippen LogP contribution is 2.29. The second-order valence-corrected chi connectivity index (χ2v) is 7.34. The van der Waals surface area contributed by atoms with Crippen molar-refractivity contribution in [2.75, 3.05) is 26.2 Å². The average molecular weight is 284 g/mol. The van der Waals surface area contributed by atoms with Crippen LogP contribution in [0.15, 0.2) is 6.20 Å². The molecule has 0 amide bonds. The van der Waals surface area contributed by atoms with Gasteiger partial charge in [0.1, 0.15) is 5.82 Å². The molecule has 6 nitrogen and oxygen atoms in total. The molecule has 2 aliphatic rings. The summed E-state index contributed by atoms with van der Waals surface area (Å²) in [5.74, 6) is 1.11. The maximum Gasteiger partial charge on any atom is 0.281 e. The SMILES string of the molecule is Cc1cnc([C@@H]2CCN(S(=O)(=O)N3CCCC3)C2)[nH]1. The van der Waals surface area contributed by atoms with E-state index in [9.17, 15) is 8.42 Å². The van der Waals surface area contributed by atoms with Gasteiger partial charge < -0.3 is 4.98 Å². The van der Waals surface area contributed by atoms with Gasteiger partial charge in [0.15, 0.2) is 0 Å². The second kappa shape index (κ2) is 4.88. The zero-order chi connectivity index (χ0) is 13.5. The van der Waals surface area contributed by atoms with E-state index in [4.69, 9.17) is 0 Å². The molecule has 1 N–H and O–H groups in total. The fourth-order valence-corrected chi connectivity index (χ4v) is 4.63. The van der Waals surface area contributed by atoms with Gasteiger partial charge >= 0.3 is 0 Å². The molecule has 7 heteroatoms. The van der Waals surface area contributed by atoms with E-state index >= 15 is 0 Å². The minimum Gasteiger partial charge on any atom is -0.346 e. The molecule has 1 aromatic heterocycles. The van der Waals surface area contributed by atoms with E-state index in [1.807, 2.05) is 6.92 Å². The maximum atomic E-state index is 12.4. The predicted octanol–water partition coefficient (Wildman–Crippen LogP) is 0.848. The van der Waals surface area contributed by atoms with Gasteiger partial charge in [-0.1, -0.05) is 0 Å². The number of rotatable bonds is 3. The van der Waals surface area contributed by atoms with Gasteiger partial charge in [0, 0.05) is 44.0 Å². The Kier molecular flexibility index (Phi) is 3.36. The summed E-state index contributed by atoms with van der Waals surface area (Å²) in [5, 5.41) is 0. The molecule has 19 heavy (non-hydrogen) atoms. The lowest BCUT2D eigenvalue weighted by Gasteiger charge is -2.23. The molecule has 0 aliphatic carbocycles. The van der Waals surface area contributed by atoms with Gasteiger partial charge in [-0.15, -0.1) is 0 Å². The van der Waals surface area contributed by atoms with E-state index in [-0.39, 0.29) is 5.92 Å². The van der Waals surface area contributed by atoms with Crippen molar-refractivity contribution >= 4 is 10.2 Å². The van der Waals surface area contributed by atoms with Crippen LogP contribution in [0.25, 0.3) is 0 Å². The molecule has 1 atom stereocenters. The standard InChI is InChI=1S/C12H20N4O2S/c1-10-8-13-12(14-10)11-4-7-16(9-11)19(17,18)15-5-2-3-6-15/h8,11H,2-7,9H2,1H3,(H,13,14)/t11-/m1/s1. The van der Waals surface area contributed by atoms with Crippen LogP contribution in [0.3, 0.4) is 0 Å². The molecule has 106 valence electrons. The summed E-state index contributed by atoms with van der Waals surface area (Å²) in [6.45, 7) is 4.45. The minimum atomic E-state index is -3.25. The average Bonchev–Trinajstić information content (AvgIpc) is 3.10. The number of nitrogens with zero attached hydrogens (tertiary/aromatic N) is 3. The summed E-state index contributed by atoms with van der Waals surface area (Å²) in [5.41, 5.74) is 1.02. The number of aromatic nitrogens is 2. The molecule has 3 heterocycles. The summed E-state index contributed by atoms with van der Waals surface area (Å²) in [4.78, 5) is 7.53. The Labute approximate surface area is 114 Å². The second-order valence-electron chi connectivity index (χ2n) is 5.41. The normalized spacial score (nSPS) is 26.3. The Morgan fingerprint density at radius 1 is 1.26 bits per heavy atom. The molecule has 3 rings (SSSR count). The Bertz CT molecular complexity index is 548. The van der Waals surface area contributed by atoms with E-state index in [2.05, 4.69) is 9.97 Å². The molecule has 2 fully saturated rings. The molecule has 2 saturated heterocycles. The van der Waals surface area contributed by atoms with Crippen molar-refractivity contribution < 1.29 is 8.42 Å². The smallest absolute Gasteiger partial charge is 0.281 e. The van der Waals surface area contributed by atoms with Crippen molar-refractivity contribution in [1.29, 1.82) is 0 Å². The number of imidazole rings is 1. The van der Waals surface area contributed by atoms with Crippen LogP contribution in [-0.2, 0) is 10.2 Å². The monoisotopic (exact) mass is 284 g/mol. The number of aromatic amines is 1. The summed E-state index contributed by atoms with van der Waals surface area (Å²) in [6.07, 6.45) is 4.61. The highest BCUT2D eigenvalue weighted by molar-refractivity contribution is 7.86. The van der Waals surface area contributed by atoms with Gasteiger partial charge in [-0.25, -0.2) is 4.98 Å². The minimum absolute atomic E-state index is 0.200. The predicted molar refractivity (Wildman–Crippen MR) is 72.0 cm³/mol. The van der Waals surface area contributed by atoms with Crippen molar-refractivity contribution in [2.45, 2.75) is 32.1 Å². The molecule has 0 saturated carbocycles. The molecule has 2 aliphatic heterocycles. The number of aryl methyl sites for hydroxylation is 1. The molecule has 0 aromatic carbocycles. The van der Waals surface area contributed by atoms with E-state index in [0.717, 1.165) is 30.8 Å². The lowest BCUT2D eigenvalue weighted by atomic mass is 10.1. The van der Waals surface area contributed by atoms with Crippen LogP contribution < -0.4 is 0 Å². The van der Waals surface area contributed by atoms with E-state index in [0.29, 0.717) is 26.2 Å².